The molecule has 0 amide bonds. The van der Waals surface area contributed by atoms with Crippen LogP contribution in [0.15, 0.2) is 0 Å². The molecular formula is C9H12F12N12. The molecule has 12 nitrogen and oxygen atoms in total. The van der Waals surface area contributed by atoms with Gasteiger partial charge in [0.25, 0.3) is 0 Å². The third kappa shape index (κ3) is 10.7. The number of hydrogen-bond acceptors (Lipinski definition) is 12. The zero-order valence-electron chi connectivity index (χ0n) is 15.6. The smallest absolute Gasteiger partial charge is 0.234 e. The second-order valence-electron chi connectivity index (χ2n) is 5.52. The molecule has 0 saturated carbocycles. The molecule has 1 aromatic rings. The van der Waals surface area contributed by atoms with Crippen molar-refractivity contribution in [3.8, 4) is 0 Å². The monoisotopic (exact) mass is 516 g/mol. The largest absolute Gasteiger partial charge is 0.304 e. The Bertz CT molecular complexity index is 565. The molecule has 1 aromatic heterocycles. The summed E-state index contributed by atoms with van der Waals surface area (Å²) >= 11 is 0. The highest BCUT2D eigenvalue weighted by atomic mass is 19.4. The normalized spacial score (nSPS) is 12.2. The molecule has 0 spiro atoms. The summed E-state index contributed by atoms with van der Waals surface area (Å²) in [5.41, 5.74) is 0. The average Bonchev–Trinajstić information content (AvgIpc) is 2.64. The Labute approximate surface area is 174 Å². The third-order valence-corrected chi connectivity index (χ3v) is 3.11. The van der Waals surface area contributed by atoms with E-state index in [1.165, 1.54) is 0 Å². The highest BCUT2D eigenvalue weighted by Gasteiger charge is 2.27. The van der Waals surface area contributed by atoms with Gasteiger partial charge in [-0.3, -0.25) is 0 Å². The van der Waals surface area contributed by atoms with Crippen molar-refractivity contribution in [2.24, 2.45) is 0 Å². The summed E-state index contributed by atoms with van der Waals surface area (Å²) in [4.78, 5) is 9.50. The van der Waals surface area contributed by atoms with Gasteiger partial charge in [0.05, 0.1) is 0 Å². The number of anilines is 3. The molecule has 0 fully saturated rings. The zero-order chi connectivity index (χ0) is 25.3. The molecule has 24 heteroatoms. The summed E-state index contributed by atoms with van der Waals surface area (Å²) in [5, 5.41) is -10.1. The molecular weight excluding hydrogens is 504 g/mol. The van der Waals surface area contributed by atoms with Crippen LogP contribution in [-0.4, -0.2) is 87.0 Å². The minimum absolute atomic E-state index is 0.0817. The quantitative estimate of drug-likeness (QED) is 0.196. The van der Waals surface area contributed by atoms with Crippen molar-refractivity contribution in [3.63, 3.8) is 0 Å². The van der Waals surface area contributed by atoms with Crippen LogP contribution in [0.2, 0.25) is 0 Å². The summed E-state index contributed by atoms with van der Waals surface area (Å²) in [6, 6.07) is 0. The van der Waals surface area contributed by atoms with Crippen LogP contribution < -0.4 is 14.7 Å². The lowest BCUT2D eigenvalue weighted by molar-refractivity contribution is -0.174. The molecule has 0 aromatic carbocycles. The van der Waals surface area contributed by atoms with Gasteiger partial charge in [-0.1, -0.05) is 53.8 Å². The van der Waals surface area contributed by atoms with Crippen LogP contribution in [0.5, 0.6) is 0 Å². The number of halogens is 12. The van der Waals surface area contributed by atoms with Gasteiger partial charge < -0.3 is 14.7 Å². The summed E-state index contributed by atoms with van der Waals surface area (Å²) in [5.74, 6) is -3.81. The second kappa shape index (κ2) is 13.1. The SMILES string of the molecule is FN(F)CN(CN(F)F)c1nc(N(CN(F)F)CN(F)F)nc(N(CN(F)F)CN(F)F)n1. The van der Waals surface area contributed by atoms with E-state index in [-0.39, 0.29) is 14.7 Å². The first-order valence-electron chi connectivity index (χ1n) is 7.84. The van der Waals surface area contributed by atoms with E-state index in [0.717, 1.165) is 0 Å². The van der Waals surface area contributed by atoms with E-state index >= 15 is 0 Å². The maximum Gasteiger partial charge on any atom is 0.234 e. The summed E-state index contributed by atoms with van der Waals surface area (Å²) in [7, 11) is 0. The van der Waals surface area contributed by atoms with Crippen LogP contribution in [0.3, 0.4) is 0 Å². The van der Waals surface area contributed by atoms with Crippen LogP contribution in [0.25, 0.3) is 0 Å². The Balaban J connectivity index is 3.64. The third-order valence-electron chi connectivity index (χ3n) is 3.11. The van der Waals surface area contributed by atoms with E-state index in [9.17, 15) is 53.8 Å². The molecule has 0 N–H and O–H groups in total. The van der Waals surface area contributed by atoms with Crippen molar-refractivity contribution in [2.45, 2.75) is 0 Å². The minimum Gasteiger partial charge on any atom is -0.304 e. The molecule has 33 heavy (non-hydrogen) atoms. The van der Waals surface area contributed by atoms with Crippen molar-refractivity contribution in [1.29, 1.82) is 0 Å². The van der Waals surface area contributed by atoms with Crippen LogP contribution in [0.1, 0.15) is 0 Å². The topological polar surface area (TPSA) is 67.8 Å². The lowest BCUT2D eigenvalue weighted by Gasteiger charge is -2.28. The summed E-state index contributed by atoms with van der Waals surface area (Å²) < 4.78 is 152. The number of hydrogen-bond donors (Lipinski definition) is 0. The predicted molar refractivity (Wildman–Crippen MR) is 80.8 cm³/mol. The van der Waals surface area contributed by atoms with E-state index in [1.54, 1.807) is 0 Å². The van der Waals surface area contributed by atoms with Crippen molar-refractivity contribution in [3.05, 3.63) is 0 Å². The number of aromatic nitrogens is 3. The van der Waals surface area contributed by atoms with Crippen LogP contribution in [-0.2, 0) is 0 Å². The minimum atomic E-state index is -1.71. The van der Waals surface area contributed by atoms with Gasteiger partial charge in [0.15, 0.2) is 0 Å². The van der Waals surface area contributed by atoms with Gasteiger partial charge in [0.1, 0.15) is 40.0 Å². The Morgan fingerprint density at radius 2 is 0.485 bits per heavy atom. The lowest BCUT2D eigenvalue weighted by Crippen LogP contribution is -2.41. The fourth-order valence-corrected chi connectivity index (χ4v) is 2.06. The van der Waals surface area contributed by atoms with Gasteiger partial charge in [0, 0.05) is 32.1 Å². The highest BCUT2D eigenvalue weighted by molar-refractivity contribution is 5.46. The fraction of sp³-hybridized carbons (Fsp3) is 0.667. The molecule has 0 aliphatic carbocycles. The van der Waals surface area contributed by atoms with Gasteiger partial charge in [-0.05, 0) is 0 Å². The van der Waals surface area contributed by atoms with Crippen molar-refractivity contribution >= 4 is 17.8 Å². The van der Waals surface area contributed by atoms with Crippen molar-refractivity contribution in [1.82, 2.24) is 47.0 Å². The van der Waals surface area contributed by atoms with E-state index < -0.39 is 89.9 Å². The molecule has 0 saturated heterocycles. The van der Waals surface area contributed by atoms with E-state index in [1.807, 2.05) is 0 Å². The van der Waals surface area contributed by atoms with Crippen molar-refractivity contribution in [2.75, 3.05) is 54.7 Å². The molecule has 192 valence electrons. The Morgan fingerprint density at radius 1 is 0.333 bits per heavy atom. The van der Waals surface area contributed by atoms with E-state index in [4.69, 9.17) is 0 Å². The molecule has 1 rings (SSSR count). The Morgan fingerprint density at radius 3 is 0.606 bits per heavy atom. The lowest BCUT2D eigenvalue weighted by atomic mass is 10.6. The predicted octanol–water partition coefficient (Wildman–Crippen LogP) is 2.46. The standard InChI is InChI=1S/C9H12F12N12/c10-28(11)1-25(2-29(12)13)7-22-8(26(3-30(14)15)4-31(16)17)24-9(23-7)27(5-32(18)19)6-33(20)21/h1-6H2. The highest BCUT2D eigenvalue weighted by Crippen LogP contribution is 2.22. The number of rotatable bonds is 15. The van der Waals surface area contributed by atoms with Crippen molar-refractivity contribution < 1.29 is 53.8 Å². The van der Waals surface area contributed by atoms with Gasteiger partial charge >= 0.3 is 0 Å². The Hall–Kier alpha value is -2.67. The molecule has 0 unspecified atom stereocenters. The van der Waals surface area contributed by atoms with Gasteiger partial charge in [-0.25, -0.2) is 0 Å². The molecule has 0 aliphatic heterocycles. The van der Waals surface area contributed by atoms with Gasteiger partial charge in [0.2, 0.25) is 17.8 Å². The van der Waals surface area contributed by atoms with Crippen LogP contribution >= 0.6 is 0 Å². The first kappa shape index (κ1) is 28.4. The average molecular weight is 516 g/mol. The first-order chi connectivity index (χ1) is 15.3. The number of nitrogens with zero attached hydrogens (tertiary/aromatic N) is 12. The maximum atomic E-state index is 12.6. The summed E-state index contributed by atoms with van der Waals surface area (Å²) in [6.45, 7) is -10.2. The summed E-state index contributed by atoms with van der Waals surface area (Å²) in [6.07, 6.45) is 0. The van der Waals surface area contributed by atoms with E-state index in [2.05, 4.69) is 15.0 Å². The van der Waals surface area contributed by atoms with E-state index in [0.29, 0.717) is 0 Å². The van der Waals surface area contributed by atoms with Gasteiger partial charge in [-0.2, -0.15) is 15.0 Å². The maximum absolute atomic E-state index is 12.6. The molecule has 0 radical (unpaired) electrons. The molecule has 0 atom stereocenters. The molecule has 0 aliphatic rings. The Kier molecular flexibility index (Phi) is 11.3. The van der Waals surface area contributed by atoms with Crippen LogP contribution in [0, 0.1) is 0 Å². The van der Waals surface area contributed by atoms with Gasteiger partial charge in [-0.15, -0.1) is 0 Å². The molecule has 1 heterocycles. The fourth-order valence-electron chi connectivity index (χ4n) is 2.06. The molecule has 0 bridgehead atoms. The zero-order valence-corrected chi connectivity index (χ0v) is 15.6. The first-order valence-corrected chi connectivity index (χ1v) is 7.84. The second-order valence-corrected chi connectivity index (χ2v) is 5.52. The van der Waals surface area contributed by atoms with Crippen LogP contribution in [0.4, 0.5) is 71.6 Å².